The van der Waals surface area contributed by atoms with Crippen LogP contribution in [0.2, 0.25) is 5.02 Å². The summed E-state index contributed by atoms with van der Waals surface area (Å²) in [6, 6.07) is 9.93. The van der Waals surface area contributed by atoms with Crippen molar-refractivity contribution in [3.05, 3.63) is 57.7 Å². The van der Waals surface area contributed by atoms with E-state index in [4.69, 9.17) is 32.7 Å². The molecule has 0 bridgehead atoms. The smallest absolute Gasteiger partial charge is 0.283 e. The molecule has 0 spiro atoms. The molecule has 0 atom stereocenters. The predicted molar refractivity (Wildman–Crippen MR) is 105 cm³/mol. The first-order valence-corrected chi connectivity index (χ1v) is 8.66. The van der Waals surface area contributed by atoms with Gasteiger partial charge in [-0.25, -0.2) is 4.90 Å². The maximum Gasteiger partial charge on any atom is 0.283 e. The van der Waals surface area contributed by atoms with E-state index in [1.54, 1.807) is 36.4 Å². The average Bonchev–Trinajstić information content (AvgIpc) is 2.87. The van der Waals surface area contributed by atoms with Gasteiger partial charge in [-0.15, -0.1) is 0 Å². The minimum Gasteiger partial charge on any atom is -0.497 e. The van der Waals surface area contributed by atoms with E-state index in [1.165, 1.54) is 14.2 Å². The Kier molecular flexibility index (Phi) is 5.30. The first-order chi connectivity index (χ1) is 12.9. The highest BCUT2D eigenvalue weighted by Crippen LogP contribution is 2.35. The molecular weight excluding hydrogens is 391 g/mol. The van der Waals surface area contributed by atoms with Crippen LogP contribution in [0.3, 0.4) is 0 Å². The number of carbonyl (C=O) groups excluding carboxylic acids is 2. The number of imide groups is 1. The summed E-state index contributed by atoms with van der Waals surface area (Å²) in [5.74, 6) is -0.209. The fourth-order valence-electron chi connectivity index (χ4n) is 2.61. The lowest BCUT2D eigenvalue weighted by Crippen LogP contribution is -2.32. The Morgan fingerprint density at radius 1 is 0.963 bits per heavy atom. The van der Waals surface area contributed by atoms with Crippen LogP contribution >= 0.6 is 23.2 Å². The number of ether oxygens (including phenoxy) is 2. The lowest BCUT2D eigenvalue weighted by Gasteiger charge is -2.17. The number of anilines is 2. The van der Waals surface area contributed by atoms with E-state index < -0.39 is 11.8 Å². The van der Waals surface area contributed by atoms with E-state index in [-0.39, 0.29) is 10.7 Å². The highest BCUT2D eigenvalue weighted by molar-refractivity contribution is 6.53. The van der Waals surface area contributed by atoms with Gasteiger partial charge in [0.2, 0.25) is 0 Å². The van der Waals surface area contributed by atoms with Crippen molar-refractivity contribution >= 4 is 46.4 Å². The molecule has 8 heteroatoms. The van der Waals surface area contributed by atoms with E-state index in [1.807, 2.05) is 6.92 Å². The van der Waals surface area contributed by atoms with E-state index in [0.29, 0.717) is 27.9 Å². The van der Waals surface area contributed by atoms with Crippen LogP contribution in [0.1, 0.15) is 5.56 Å². The van der Waals surface area contributed by atoms with Crippen molar-refractivity contribution in [3.63, 3.8) is 0 Å². The van der Waals surface area contributed by atoms with Crippen LogP contribution in [-0.4, -0.2) is 26.0 Å². The highest BCUT2D eigenvalue weighted by Gasteiger charge is 2.39. The van der Waals surface area contributed by atoms with Gasteiger partial charge in [-0.05, 0) is 36.8 Å². The first kappa shape index (κ1) is 19.1. The van der Waals surface area contributed by atoms with Gasteiger partial charge in [0.05, 0.1) is 25.6 Å². The minimum atomic E-state index is -0.633. The van der Waals surface area contributed by atoms with Crippen LogP contribution in [0.15, 0.2) is 47.1 Å². The Morgan fingerprint density at radius 2 is 1.70 bits per heavy atom. The Morgan fingerprint density at radius 3 is 2.33 bits per heavy atom. The van der Waals surface area contributed by atoms with Crippen molar-refractivity contribution in [1.29, 1.82) is 0 Å². The summed E-state index contributed by atoms with van der Waals surface area (Å²) in [5.41, 5.74) is 1.56. The summed E-state index contributed by atoms with van der Waals surface area (Å²) >= 11 is 12.3. The average molecular weight is 407 g/mol. The van der Waals surface area contributed by atoms with Crippen molar-refractivity contribution in [2.75, 3.05) is 24.4 Å². The lowest BCUT2D eigenvalue weighted by atomic mass is 10.2. The monoisotopic (exact) mass is 406 g/mol. The zero-order valence-electron chi connectivity index (χ0n) is 14.8. The molecule has 27 heavy (non-hydrogen) atoms. The standard InChI is InChI=1S/C19H16Cl2N2O4/c1-10-4-5-11(8-13(10)20)23-18(24)16(21)17(19(23)25)22-14-9-12(26-2)6-7-15(14)27-3/h4-9,22H,1-3H3. The Bertz CT molecular complexity index is 972. The normalized spacial score (nSPS) is 14.0. The summed E-state index contributed by atoms with van der Waals surface area (Å²) in [7, 11) is 3.01. The fraction of sp³-hybridized carbons (Fsp3) is 0.158. The van der Waals surface area contributed by atoms with Gasteiger partial charge in [0.15, 0.2) is 0 Å². The fourth-order valence-corrected chi connectivity index (χ4v) is 3.00. The quantitative estimate of drug-likeness (QED) is 0.756. The van der Waals surface area contributed by atoms with Crippen molar-refractivity contribution in [2.45, 2.75) is 6.92 Å². The number of rotatable bonds is 5. The zero-order valence-corrected chi connectivity index (χ0v) is 16.3. The number of halogens is 2. The summed E-state index contributed by atoms with van der Waals surface area (Å²) < 4.78 is 10.5. The Balaban J connectivity index is 1.96. The molecule has 0 aliphatic carbocycles. The number of hydrogen-bond donors (Lipinski definition) is 1. The molecule has 0 saturated heterocycles. The Labute approximate surface area is 166 Å². The van der Waals surface area contributed by atoms with Gasteiger partial charge < -0.3 is 14.8 Å². The predicted octanol–water partition coefficient (Wildman–Crippen LogP) is 4.10. The number of benzene rings is 2. The van der Waals surface area contributed by atoms with Gasteiger partial charge >= 0.3 is 0 Å². The molecule has 0 fully saturated rings. The molecule has 1 aliphatic rings. The number of methoxy groups -OCH3 is 2. The summed E-state index contributed by atoms with van der Waals surface area (Å²) in [6.07, 6.45) is 0. The number of hydrogen-bond acceptors (Lipinski definition) is 5. The summed E-state index contributed by atoms with van der Waals surface area (Å²) in [4.78, 5) is 26.4. The molecule has 0 radical (unpaired) electrons. The second-order valence-electron chi connectivity index (χ2n) is 5.76. The zero-order chi connectivity index (χ0) is 19.7. The summed E-state index contributed by atoms with van der Waals surface area (Å²) in [6.45, 7) is 1.83. The molecule has 2 amide bonds. The molecule has 1 heterocycles. The van der Waals surface area contributed by atoms with Crippen LogP contribution < -0.4 is 19.7 Å². The lowest BCUT2D eigenvalue weighted by molar-refractivity contribution is -0.120. The van der Waals surface area contributed by atoms with Gasteiger partial charge in [-0.1, -0.05) is 29.3 Å². The third-order valence-electron chi connectivity index (χ3n) is 4.11. The van der Waals surface area contributed by atoms with E-state index in [9.17, 15) is 9.59 Å². The third kappa shape index (κ3) is 3.46. The molecule has 1 N–H and O–H groups in total. The molecule has 2 aromatic rings. The molecule has 2 aromatic carbocycles. The summed E-state index contributed by atoms with van der Waals surface area (Å²) in [5, 5.41) is 3.11. The third-order valence-corrected chi connectivity index (χ3v) is 4.87. The minimum absolute atomic E-state index is 0.0510. The largest absolute Gasteiger partial charge is 0.497 e. The van der Waals surface area contributed by atoms with E-state index in [0.717, 1.165) is 10.5 Å². The number of nitrogens with zero attached hydrogens (tertiary/aromatic N) is 1. The van der Waals surface area contributed by atoms with Crippen LogP contribution in [0, 0.1) is 6.92 Å². The van der Waals surface area contributed by atoms with Crippen molar-refractivity contribution in [1.82, 2.24) is 0 Å². The second-order valence-corrected chi connectivity index (χ2v) is 6.54. The molecule has 6 nitrogen and oxygen atoms in total. The van der Waals surface area contributed by atoms with E-state index in [2.05, 4.69) is 5.32 Å². The topological polar surface area (TPSA) is 67.9 Å². The van der Waals surface area contributed by atoms with Crippen LogP contribution in [0.4, 0.5) is 11.4 Å². The van der Waals surface area contributed by atoms with Crippen molar-refractivity contribution < 1.29 is 19.1 Å². The van der Waals surface area contributed by atoms with Crippen LogP contribution in [0.5, 0.6) is 11.5 Å². The number of carbonyl (C=O) groups is 2. The van der Waals surface area contributed by atoms with Crippen LogP contribution in [0.25, 0.3) is 0 Å². The van der Waals surface area contributed by atoms with Gasteiger partial charge in [0, 0.05) is 11.1 Å². The van der Waals surface area contributed by atoms with Crippen molar-refractivity contribution in [2.24, 2.45) is 0 Å². The van der Waals surface area contributed by atoms with Crippen molar-refractivity contribution in [3.8, 4) is 11.5 Å². The Hall–Kier alpha value is -2.70. The highest BCUT2D eigenvalue weighted by atomic mass is 35.5. The molecule has 0 unspecified atom stereocenters. The van der Waals surface area contributed by atoms with Gasteiger partial charge in [0.25, 0.3) is 11.8 Å². The molecule has 1 aliphatic heterocycles. The molecule has 3 rings (SSSR count). The maximum absolute atomic E-state index is 12.9. The SMILES string of the molecule is COc1ccc(OC)c(NC2=C(Cl)C(=O)N(c3ccc(C)c(Cl)c3)C2=O)c1. The first-order valence-electron chi connectivity index (χ1n) is 7.91. The number of amides is 2. The second kappa shape index (κ2) is 7.50. The molecule has 140 valence electrons. The van der Waals surface area contributed by atoms with Crippen LogP contribution in [-0.2, 0) is 9.59 Å². The van der Waals surface area contributed by atoms with Gasteiger partial charge in [-0.3, -0.25) is 9.59 Å². The molecule has 0 aromatic heterocycles. The van der Waals surface area contributed by atoms with Gasteiger partial charge in [0.1, 0.15) is 22.2 Å². The maximum atomic E-state index is 12.9. The van der Waals surface area contributed by atoms with Gasteiger partial charge in [-0.2, -0.15) is 0 Å². The van der Waals surface area contributed by atoms with E-state index >= 15 is 0 Å². The number of aryl methyl sites for hydroxylation is 1. The number of nitrogens with one attached hydrogen (secondary N) is 1. The molecular formula is C19H16Cl2N2O4. The molecule has 0 saturated carbocycles.